The fourth-order valence-corrected chi connectivity index (χ4v) is 3.21. The van der Waals surface area contributed by atoms with E-state index in [9.17, 15) is 4.79 Å². The van der Waals surface area contributed by atoms with Crippen molar-refractivity contribution >= 4 is 21.6 Å². The van der Waals surface area contributed by atoms with Gasteiger partial charge in [0.05, 0.1) is 0 Å². The molecule has 0 saturated heterocycles. The third kappa shape index (κ3) is 3.21. The lowest BCUT2D eigenvalue weighted by molar-refractivity contribution is 0.945. The average molecular weight is 349 g/mol. The van der Waals surface area contributed by atoms with Gasteiger partial charge in [-0.2, -0.15) is 0 Å². The van der Waals surface area contributed by atoms with E-state index in [0.717, 1.165) is 34.3 Å². The Labute approximate surface area is 134 Å². The summed E-state index contributed by atoms with van der Waals surface area (Å²) < 4.78 is 1.08. The Morgan fingerprint density at radius 3 is 2.43 bits per heavy atom. The summed E-state index contributed by atoms with van der Waals surface area (Å²) in [5.74, 6) is 0. The number of anilines is 1. The predicted molar refractivity (Wildman–Crippen MR) is 92.5 cm³/mol. The third-order valence-corrected chi connectivity index (χ3v) is 4.52. The van der Waals surface area contributed by atoms with Crippen LogP contribution >= 0.6 is 15.9 Å². The minimum atomic E-state index is -0.0169. The van der Waals surface area contributed by atoms with E-state index in [2.05, 4.69) is 33.9 Å². The molecule has 21 heavy (non-hydrogen) atoms. The number of aryl methyl sites for hydroxylation is 1. The van der Waals surface area contributed by atoms with Gasteiger partial charge in [0.25, 0.3) is 5.56 Å². The maximum absolute atomic E-state index is 12.3. The molecular weight excluding hydrogens is 328 g/mol. The number of hydrogen-bond donors (Lipinski definition) is 1. The molecule has 4 heteroatoms. The molecule has 0 aliphatic carbocycles. The van der Waals surface area contributed by atoms with Crippen molar-refractivity contribution in [3.63, 3.8) is 0 Å². The molecule has 3 nitrogen and oxygen atoms in total. The van der Waals surface area contributed by atoms with E-state index in [-0.39, 0.29) is 5.56 Å². The van der Waals surface area contributed by atoms with E-state index >= 15 is 0 Å². The van der Waals surface area contributed by atoms with Gasteiger partial charge in [0, 0.05) is 30.7 Å². The normalized spacial score (nSPS) is 10.7. The first-order valence-electron chi connectivity index (χ1n) is 7.11. The van der Waals surface area contributed by atoms with Crippen LogP contribution in [0.1, 0.15) is 29.3 Å². The van der Waals surface area contributed by atoms with Gasteiger partial charge in [0.1, 0.15) is 5.69 Å². The summed E-state index contributed by atoms with van der Waals surface area (Å²) in [4.78, 5) is 17.2. The minimum absolute atomic E-state index is 0.0169. The number of nitrogens with zero attached hydrogens (tertiary/aromatic N) is 1. The van der Waals surface area contributed by atoms with Gasteiger partial charge in [-0.3, -0.25) is 4.79 Å². The maximum atomic E-state index is 12.3. The highest BCUT2D eigenvalue weighted by Gasteiger charge is 2.17. The SMILES string of the molecule is CCc1c(C)[nH]c(=O)c(N(C)C)c1Cc1ccccc1Br. The van der Waals surface area contributed by atoms with E-state index in [4.69, 9.17) is 0 Å². The van der Waals surface area contributed by atoms with Crippen LogP contribution in [0.5, 0.6) is 0 Å². The minimum Gasteiger partial charge on any atom is -0.373 e. The molecule has 0 saturated carbocycles. The number of aromatic nitrogens is 1. The van der Waals surface area contributed by atoms with E-state index < -0.39 is 0 Å². The fraction of sp³-hybridized carbons (Fsp3) is 0.353. The van der Waals surface area contributed by atoms with E-state index in [1.54, 1.807) is 0 Å². The van der Waals surface area contributed by atoms with Gasteiger partial charge in [0.2, 0.25) is 0 Å². The molecule has 0 spiro atoms. The van der Waals surface area contributed by atoms with E-state index in [0.29, 0.717) is 0 Å². The fourth-order valence-electron chi connectivity index (χ4n) is 2.79. The maximum Gasteiger partial charge on any atom is 0.271 e. The topological polar surface area (TPSA) is 36.1 Å². The van der Waals surface area contributed by atoms with Crippen molar-refractivity contribution in [2.75, 3.05) is 19.0 Å². The van der Waals surface area contributed by atoms with Crippen LogP contribution in [0.2, 0.25) is 0 Å². The summed E-state index contributed by atoms with van der Waals surface area (Å²) in [5.41, 5.74) is 5.25. The number of aromatic amines is 1. The lowest BCUT2D eigenvalue weighted by atomic mass is 9.96. The zero-order valence-electron chi connectivity index (χ0n) is 13.0. The van der Waals surface area contributed by atoms with E-state index in [1.807, 2.05) is 44.1 Å². The first kappa shape index (κ1) is 15.8. The lowest BCUT2D eigenvalue weighted by Crippen LogP contribution is -2.25. The number of pyridine rings is 1. The third-order valence-electron chi connectivity index (χ3n) is 3.74. The van der Waals surface area contributed by atoms with Crippen molar-refractivity contribution in [3.05, 3.63) is 61.5 Å². The largest absolute Gasteiger partial charge is 0.373 e. The molecule has 112 valence electrons. The molecule has 2 rings (SSSR count). The second-order valence-electron chi connectivity index (χ2n) is 5.40. The number of nitrogens with one attached hydrogen (secondary N) is 1. The van der Waals surface area contributed by atoms with Crippen molar-refractivity contribution < 1.29 is 0 Å². The molecule has 0 radical (unpaired) electrons. The summed E-state index contributed by atoms with van der Waals surface area (Å²) in [6.45, 7) is 4.10. The Balaban J connectivity index is 2.65. The molecule has 0 unspecified atom stereocenters. The highest BCUT2D eigenvalue weighted by molar-refractivity contribution is 9.10. The summed E-state index contributed by atoms with van der Waals surface area (Å²) in [6.07, 6.45) is 1.66. The summed E-state index contributed by atoms with van der Waals surface area (Å²) in [6, 6.07) is 8.17. The average Bonchev–Trinajstić information content (AvgIpc) is 2.40. The smallest absolute Gasteiger partial charge is 0.271 e. The molecule has 0 aliphatic heterocycles. The molecule has 2 aromatic rings. The van der Waals surface area contributed by atoms with Gasteiger partial charge in [0.15, 0.2) is 0 Å². The van der Waals surface area contributed by atoms with Crippen LogP contribution in [0.25, 0.3) is 0 Å². The second kappa shape index (κ2) is 6.48. The van der Waals surface area contributed by atoms with Crippen LogP contribution in [0.15, 0.2) is 33.5 Å². The van der Waals surface area contributed by atoms with Crippen molar-refractivity contribution in [2.45, 2.75) is 26.7 Å². The Hall–Kier alpha value is -1.55. The molecule has 1 aromatic heterocycles. The van der Waals surface area contributed by atoms with Gasteiger partial charge >= 0.3 is 0 Å². The van der Waals surface area contributed by atoms with Crippen LogP contribution in [0.4, 0.5) is 5.69 Å². The Morgan fingerprint density at radius 2 is 1.86 bits per heavy atom. The first-order chi connectivity index (χ1) is 9.95. The van der Waals surface area contributed by atoms with Crippen LogP contribution in [-0.4, -0.2) is 19.1 Å². The highest BCUT2D eigenvalue weighted by atomic mass is 79.9. The summed E-state index contributed by atoms with van der Waals surface area (Å²) in [7, 11) is 3.84. The number of hydrogen-bond acceptors (Lipinski definition) is 2. The Bertz CT molecular complexity index is 704. The summed E-state index contributed by atoms with van der Waals surface area (Å²) >= 11 is 3.60. The van der Waals surface area contributed by atoms with Crippen LogP contribution in [0, 0.1) is 6.92 Å². The number of benzene rings is 1. The molecular formula is C17H21BrN2O. The van der Waals surface area contributed by atoms with Crippen molar-refractivity contribution in [2.24, 2.45) is 0 Å². The monoisotopic (exact) mass is 348 g/mol. The van der Waals surface area contributed by atoms with Crippen molar-refractivity contribution in [3.8, 4) is 0 Å². The standard InChI is InChI=1S/C17H21BrN2O/c1-5-13-11(2)19-17(21)16(20(3)4)14(13)10-12-8-6-7-9-15(12)18/h6-9H,5,10H2,1-4H3,(H,19,21). The van der Waals surface area contributed by atoms with Gasteiger partial charge in [-0.1, -0.05) is 41.1 Å². The number of rotatable bonds is 4. The molecule has 0 atom stereocenters. The first-order valence-corrected chi connectivity index (χ1v) is 7.90. The van der Waals surface area contributed by atoms with E-state index in [1.165, 1.54) is 11.1 Å². The second-order valence-corrected chi connectivity index (χ2v) is 6.26. The molecule has 1 N–H and O–H groups in total. The predicted octanol–water partition coefficient (Wildman–Crippen LogP) is 3.67. The molecule has 1 heterocycles. The van der Waals surface area contributed by atoms with Crippen molar-refractivity contribution in [1.29, 1.82) is 0 Å². The molecule has 0 aliphatic rings. The number of H-pyrrole nitrogens is 1. The Morgan fingerprint density at radius 1 is 1.19 bits per heavy atom. The quantitative estimate of drug-likeness (QED) is 0.914. The molecule has 1 aromatic carbocycles. The molecule has 0 bridgehead atoms. The van der Waals surface area contributed by atoms with Gasteiger partial charge < -0.3 is 9.88 Å². The molecule has 0 amide bonds. The zero-order valence-corrected chi connectivity index (χ0v) is 14.5. The van der Waals surface area contributed by atoms with Crippen LogP contribution in [0.3, 0.4) is 0 Å². The Kier molecular flexibility index (Phi) is 4.88. The van der Waals surface area contributed by atoms with Crippen molar-refractivity contribution in [1.82, 2.24) is 4.98 Å². The number of halogens is 1. The lowest BCUT2D eigenvalue weighted by Gasteiger charge is -2.21. The van der Waals surface area contributed by atoms with Gasteiger partial charge in [-0.05, 0) is 36.1 Å². The molecule has 0 fully saturated rings. The van der Waals surface area contributed by atoms with Gasteiger partial charge in [-0.25, -0.2) is 0 Å². The zero-order chi connectivity index (χ0) is 15.6. The van der Waals surface area contributed by atoms with Gasteiger partial charge in [-0.15, -0.1) is 0 Å². The summed E-state index contributed by atoms with van der Waals surface area (Å²) in [5, 5.41) is 0. The van der Waals surface area contributed by atoms with Crippen LogP contribution < -0.4 is 10.5 Å². The van der Waals surface area contributed by atoms with Crippen LogP contribution in [-0.2, 0) is 12.8 Å². The highest BCUT2D eigenvalue weighted by Crippen LogP contribution is 2.27.